The third-order valence-electron chi connectivity index (χ3n) is 4.43. The third kappa shape index (κ3) is 4.86. The molecule has 2 aromatic carbocycles. The van der Waals surface area contributed by atoms with Crippen LogP contribution in [0.4, 0.5) is 10.8 Å². The lowest BCUT2D eigenvalue weighted by Gasteiger charge is -2.09. The van der Waals surface area contributed by atoms with E-state index >= 15 is 0 Å². The van der Waals surface area contributed by atoms with E-state index in [0.717, 1.165) is 14.7 Å². The van der Waals surface area contributed by atoms with Crippen LogP contribution in [0.3, 0.4) is 0 Å². The second kappa shape index (κ2) is 9.19. The van der Waals surface area contributed by atoms with Gasteiger partial charge >= 0.3 is 5.97 Å². The van der Waals surface area contributed by atoms with E-state index < -0.39 is 0 Å². The molecule has 0 radical (unpaired) electrons. The molecular weight excluding hydrogens is 436 g/mol. The van der Waals surface area contributed by atoms with E-state index in [1.54, 1.807) is 24.4 Å². The summed E-state index contributed by atoms with van der Waals surface area (Å²) in [6.07, 6.45) is 1.63. The molecule has 2 amide bonds. The van der Waals surface area contributed by atoms with Crippen molar-refractivity contribution in [3.8, 4) is 0 Å². The highest BCUT2D eigenvalue weighted by molar-refractivity contribution is 7.99. The standard InChI is InChI=1S/C21H18N4O4S2/c1-29-18(26)11-24-21-23-10-13(30-21)9-22-19(27)12-6-7-17-15(8-12)25-20(28)14-4-2-3-5-16(14)31-17/h2-8,10H,9,11H2,1H3,(H,22,27)(H,23,24)(H,25,28). The van der Waals surface area contributed by atoms with Crippen LogP contribution in [0, 0.1) is 0 Å². The lowest BCUT2D eigenvalue weighted by molar-refractivity contribution is -0.138. The maximum atomic E-state index is 12.6. The first-order valence-electron chi connectivity index (χ1n) is 9.29. The normalized spacial score (nSPS) is 12.1. The van der Waals surface area contributed by atoms with E-state index in [0.29, 0.717) is 28.5 Å². The zero-order chi connectivity index (χ0) is 21.8. The molecule has 1 aliphatic heterocycles. The molecule has 0 bridgehead atoms. The van der Waals surface area contributed by atoms with E-state index in [1.807, 2.05) is 24.3 Å². The molecule has 0 saturated carbocycles. The van der Waals surface area contributed by atoms with Crippen molar-refractivity contribution in [2.45, 2.75) is 16.3 Å². The Bertz CT molecular complexity index is 1160. The van der Waals surface area contributed by atoms with Crippen LogP contribution in [0.15, 0.2) is 58.5 Å². The minimum absolute atomic E-state index is 0.0263. The number of amides is 2. The molecule has 10 heteroatoms. The topological polar surface area (TPSA) is 109 Å². The van der Waals surface area contributed by atoms with E-state index in [2.05, 4.69) is 25.7 Å². The van der Waals surface area contributed by atoms with Crippen molar-refractivity contribution >= 4 is 51.7 Å². The number of methoxy groups -OCH3 is 1. The van der Waals surface area contributed by atoms with Crippen LogP contribution in [-0.4, -0.2) is 36.4 Å². The van der Waals surface area contributed by atoms with Gasteiger partial charge in [-0.1, -0.05) is 23.9 Å². The fourth-order valence-corrected chi connectivity index (χ4v) is 4.63. The number of nitrogens with one attached hydrogen (secondary N) is 3. The largest absolute Gasteiger partial charge is 0.468 e. The van der Waals surface area contributed by atoms with Gasteiger partial charge in [0.25, 0.3) is 11.8 Å². The minimum atomic E-state index is -0.387. The van der Waals surface area contributed by atoms with Gasteiger partial charge in [-0.2, -0.15) is 0 Å². The summed E-state index contributed by atoms with van der Waals surface area (Å²) in [5.74, 6) is -0.848. The number of rotatable bonds is 6. The molecule has 0 saturated heterocycles. The first-order chi connectivity index (χ1) is 15.0. The average Bonchev–Trinajstić information content (AvgIpc) is 3.19. The molecule has 3 N–H and O–H groups in total. The van der Waals surface area contributed by atoms with Crippen LogP contribution in [0.2, 0.25) is 0 Å². The number of esters is 1. The van der Waals surface area contributed by atoms with Gasteiger partial charge in [0.2, 0.25) is 0 Å². The summed E-state index contributed by atoms with van der Waals surface area (Å²) in [5.41, 5.74) is 1.65. The summed E-state index contributed by atoms with van der Waals surface area (Å²) in [7, 11) is 1.32. The molecule has 0 atom stereocenters. The Kier molecular flexibility index (Phi) is 6.19. The molecule has 3 aromatic rings. The summed E-state index contributed by atoms with van der Waals surface area (Å²) in [4.78, 5) is 43.1. The summed E-state index contributed by atoms with van der Waals surface area (Å²) in [6.45, 7) is 0.318. The van der Waals surface area contributed by atoms with Crippen LogP contribution in [-0.2, 0) is 16.1 Å². The van der Waals surface area contributed by atoms with E-state index in [-0.39, 0.29) is 24.3 Å². The van der Waals surface area contributed by atoms with E-state index in [4.69, 9.17) is 0 Å². The van der Waals surface area contributed by atoms with Crippen LogP contribution in [0.25, 0.3) is 0 Å². The van der Waals surface area contributed by atoms with Gasteiger partial charge in [-0.3, -0.25) is 14.4 Å². The maximum absolute atomic E-state index is 12.6. The van der Waals surface area contributed by atoms with Crippen molar-refractivity contribution in [3.05, 3.63) is 64.7 Å². The number of hydrogen-bond donors (Lipinski definition) is 3. The number of carbonyl (C=O) groups excluding carboxylic acids is 3. The molecule has 0 fully saturated rings. The quantitative estimate of drug-likeness (QED) is 0.490. The minimum Gasteiger partial charge on any atom is -0.468 e. The first kappa shape index (κ1) is 20.9. The molecule has 1 aliphatic rings. The Morgan fingerprint density at radius 3 is 2.84 bits per heavy atom. The zero-order valence-corrected chi connectivity index (χ0v) is 18.1. The zero-order valence-electron chi connectivity index (χ0n) is 16.4. The number of thiazole rings is 1. The lowest BCUT2D eigenvalue weighted by Crippen LogP contribution is -2.22. The summed E-state index contributed by atoms with van der Waals surface area (Å²) < 4.78 is 4.57. The molecule has 158 valence electrons. The van der Waals surface area contributed by atoms with Crippen LogP contribution in [0.1, 0.15) is 25.6 Å². The second-order valence-electron chi connectivity index (χ2n) is 6.51. The van der Waals surface area contributed by atoms with Crippen LogP contribution in [0.5, 0.6) is 0 Å². The maximum Gasteiger partial charge on any atom is 0.325 e. The number of hydrogen-bond acceptors (Lipinski definition) is 8. The lowest BCUT2D eigenvalue weighted by atomic mass is 10.1. The van der Waals surface area contributed by atoms with Crippen molar-refractivity contribution in [3.63, 3.8) is 0 Å². The number of benzene rings is 2. The highest BCUT2D eigenvalue weighted by Crippen LogP contribution is 2.39. The Hall–Kier alpha value is -3.37. The molecule has 0 unspecified atom stereocenters. The van der Waals surface area contributed by atoms with Crippen LogP contribution >= 0.6 is 23.1 Å². The monoisotopic (exact) mass is 454 g/mol. The Balaban J connectivity index is 1.40. The summed E-state index contributed by atoms with van der Waals surface area (Å²) in [5, 5.41) is 9.17. The summed E-state index contributed by atoms with van der Waals surface area (Å²) >= 11 is 2.82. The van der Waals surface area contributed by atoms with Gasteiger partial charge in [0.05, 0.1) is 24.9 Å². The molecule has 31 heavy (non-hydrogen) atoms. The molecule has 8 nitrogen and oxygen atoms in total. The molecule has 0 aliphatic carbocycles. The third-order valence-corrected chi connectivity index (χ3v) is 6.54. The fourth-order valence-electron chi connectivity index (χ4n) is 2.87. The predicted molar refractivity (Wildman–Crippen MR) is 119 cm³/mol. The van der Waals surface area contributed by atoms with E-state index in [9.17, 15) is 14.4 Å². The van der Waals surface area contributed by atoms with Gasteiger partial charge in [0.1, 0.15) is 6.54 Å². The second-order valence-corrected chi connectivity index (χ2v) is 8.71. The van der Waals surface area contributed by atoms with Gasteiger partial charge in [0.15, 0.2) is 5.13 Å². The molecule has 0 spiro atoms. The van der Waals surface area contributed by atoms with Crippen molar-refractivity contribution in [1.29, 1.82) is 0 Å². The Labute approximate surface area is 186 Å². The highest BCUT2D eigenvalue weighted by Gasteiger charge is 2.20. The predicted octanol–water partition coefficient (Wildman–Crippen LogP) is 3.37. The molecule has 4 rings (SSSR count). The van der Waals surface area contributed by atoms with Crippen molar-refractivity contribution < 1.29 is 19.1 Å². The highest BCUT2D eigenvalue weighted by atomic mass is 32.2. The van der Waals surface area contributed by atoms with Crippen molar-refractivity contribution in [2.24, 2.45) is 0 Å². The SMILES string of the molecule is COC(=O)CNc1ncc(CNC(=O)c2ccc3c(c2)NC(=O)c2ccccc2S3)s1. The number of fused-ring (bicyclic) bond motifs is 2. The number of anilines is 2. The van der Waals surface area contributed by atoms with Crippen molar-refractivity contribution in [2.75, 3.05) is 24.3 Å². The fraction of sp³-hybridized carbons (Fsp3) is 0.143. The van der Waals surface area contributed by atoms with Gasteiger partial charge in [-0.25, -0.2) is 4.98 Å². The van der Waals surface area contributed by atoms with Gasteiger partial charge in [0, 0.05) is 26.4 Å². The molecular formula is C21H18N4O4S2. The number of aromatic nitrogens is 1. The van der Waals surface area contributed by atoms with Crippen LogP contribution < -0.4 is 16.0 Å². The van der Waals surface area contributed by atoms with E-state index in [1.165, 1.54) is 30.2 Å². The summed E-state index contributed by atoms with van der Waals surface area (Å²) in [6, 6.07) is 12.6. The molecule has 2 heterocycles. The van der Waals surface area contributed by atoms with Gasteiger partial charge < -0.3 is 20.7 Å². The Morgan fingerprint density at radius 2 is 2.00 bits per heavy atom. The van der Waals surface area contributed by atoms with Gasteiger partial charge in [-0.05, 0) is 30.3 Å². The molecule has 1 aromatic heterocycles. The smallest absolute Gasteiger partial charge is 0.325 e. The number of nitrogens with zero attached hydrogens (tertiary/aromatic N) is 1. The van der Waals surface area contributed by atoms with Gasteiger partial charge in [-0.15, -0.1) is 11.3 Å². The Morgan fingerprint density at radius 1 is 1.16 bits per heavy atom. The average molecular weight is 455 g/mol. The first-order valence-corrected chi connectivity index (χ1v) is 10.9. The van der Waals surface area contributed by atoms with Crippen molar-refractivity contribution in [1.82, 2.24) is 10.3 Å². The number of ether oxygens (including phenoxy) is 1. The number of carbonyl (C=O) groups is 3.